The number of ether oxygens (including phenoxy) is 1. The number of hydrogen-bond acceptors (Lipinski definition) is 3. The number of rotatable bonds is 3. The lowest BCUT2D eigenvalue weighted by atomic mass is 10.2. The van der Waals surface area contributed by atoms with Gasteiger partial charge in [-0.3, -0.25) is 9.80 Å². The Bertz CT molecular complexity index is 521. The quantitative estimate of drug-likeness (QED) is 0.511. The van der Waals surface area contributed by atoms with Crippen LogP contribution in [0.25, 0.3) is 0 Å². The number of carbonyl (C=O) groups excluding carboxylic acids is 1. The van der Waals surface area contributed by atoms with E-state index in [0.717, 1.165) is 10.8 Å². The van der Waals surface area contributed by atoms with Crippen LogP contribution in [0.2, 0.25) is 0 Å². The maximum absolute atomic E-state index is 11.6. The average molecular weight is 242 g/mol. The molecule has 2 rings (SSSR count). The monoisotopic (exact) mass is 242 g/mol. The van der Waals surface area contributed by atoms with Gasteiger partial charge in [-0.2, -0.15) is 0 Å². The molecule has 0 saturated carbocycles. The predicted octanol–water partition coefficient (Wildman–Crippen LogP) is 2.42. The second-order valence-corrected chi connectivity index (χ2v) is 3.86. The highest BCUT2D eigenvalue weighted by atomic mass is 16.5. The number of nitrogens with two attached hydrogens (primary N) is 1. The molecule has 0 aliphatic carbocycles. The minimum absolute atomic E-state index is 0.235. The fourth-order valence-electron chi connectivity index (χ4n) is 1.49. The first-order chi connectivity index (χ1) is 8.66. The molecule has 0 unspecified atom stereocenters. The van der Waals surface area contributed by atoms with E-state index in [2.05, 4.69) is 0 Å². The van der Waals surface area contributed by atoms with Crippen molar-refractivity contribution in [3.63, 3.8) is 0 Å². The Kier molecular flexibility index (Phi) is 3.60. The average Bonchev–Trinajstić information content (AvgIpc) is 2.40. The minimum Gasteiger partial charge on any atom is -0.457 e. The SMILES string of the molecule is CN(N)C(=O)c1ccc(Oc2ccccc2)cc1. The van der Waals surface area contributed by atoms with Crippen molar-refractivity contribution >= 4 is 5.91 Å². The lowest BCUT2D eigenvalue weighted by Gasteiger charge is -2.10. The largest absolute Gasteiger partial charge is 0.457 e. The van der Waals surface area contributed by atoms with Crippen LogP contribution in [0, 0.1) is 0 Å². The van der Waals surface area contributed by atoms with Gasteiger partial charge in [-0.1, -0.05) is 18.2 Å². The number of benzene rings is 2. The first kappa shape index (κ1) is 12.1. The summed E-state index contributed by atoms with van der Waals surface area (Å²) < 4.78 is 5.62. The second-order valence-electron chi connectivity index (χ2n) is 3.86. The van der Waals surface area contributed by atoms with Gasteiger partial charge in [0.15, 0.2) is 0 Å². The highest BCUT2D eigenvalue weighted by Crippen LogP contribution is 2.21. The molecule has 0 radical (unpaired) electrons. The molecule has 0 aliphatic rings. The van der Waals surface area contributed by atoms with E-state index in [1.54, 1.807) is 24.3 Å². The molecule has 2 aromatic carbocycles. The molecule has 0 aliphatic heterocycles. The molecular weight excluding hydrogens is 228 g/mol. The molecule has 0 atom stereocenters. The van der Waals surface area contributed by atoms with Crippen LogP contribution >= 0.6 is 0 Å². The summed E-state index contributed by atoms with van der Waals surface area (Å²) in [6.07, 6.45) is 0. The van der Waals surface area contributed by atoms with E-state index in [1.165, 1.54) is 7.05 Å². The summed E-state index contributed by atoms with van der Waals surface area (Å²) in [5.74, 6) is 6.58. The fourth-order valence-corrected chi connectivity index (χ4v) is 1.49. The third-order valence-corrected chi connectivity index (χ3v) is 2.40. The van der Waals surface area contributed by atoms with Crippen LogP contribution < -0.4 is 10.6 Å². The van der Waals surface area contributed by atoms with Crippen molar-refractivity contribution in [3.8, 4) is 11.5 Å². The van der Waals surface area contributed by atoms with Crippen LogP contribution in [-0.4, -0.2) is 18.0 Å². The molecule has 1 amide bonds. The van der Waals surface area contributed by atoms with Crippen molar-refractivity contribution in [2.45, 2.75) is 0 Å². The standard InChI is InChI=1S/C14H14N2O2/c1-16(15)14(17)11-7-9-13(10-8-11)18-12-5-3-2-4-6-12/h2-10H,15H2,1H3. The molecule has 92 valence electrons. The Hall–Kier alpha value is -2.33. The molecule has 0 saturated heterocycles. The molecule has 2 N–H and O–H groups in total. The smallest absolute Gasteiger partial charge is 0.267 e. The van der Waals surface area contributed by atoms with E-state index in [9.17, 15) is 4.79 Å². The predicted molar refractivity (Wildman–Crippen MR) is 69.2 cm³/mol. The second kappa shape index (κ2) is 5.33. The maximum atomic E-state index is 11.6. The van der Waals surface area contributed by atoms with Gasteiger partial charge in [0.1, 0.15) is 11.5 Å². The number of para-hydroxylation sites is 1. The van der Waals surface area contributed by atoms with E-state index in [1.807, 2.05) is 30.3 Å². The molecule has 4 heteroatoms. The van der Waals surface area contributed by atoms with Gasteiger partial charge in [0.2, 0.25) is 0 Å². The van der Waals surface area contributed by atoms with E-state index in [4.69, 9.17) is 10.6 Å². The van der Waals surface area contributed by atoms with Crippen molar-refractivity contribution in [2.75, 3.05) is 7.05 Å². The highest BCUT2D eigenvalue weighted by Gasteiger charge is 2.08. The van der Waals surface area contributed by atoms with Crippen LogP contribution in [0.4, 0.5) is 0 Å². The Morgan fingerprint density at radius 3 is 2.11 bits per heavy atom. The summed E-state index contributed by atoms with van der Waals surface area (Å²) in [4.78, 5) is 11.6. The van der Waals surface area contributed by atoms with Crippen molar-refractivity contribution in [3.05, 3.63) is 60.2 Å². The van der Waals surface area contributed by atoms with Crippen molar-refractivity contribution in [2.24, 2.45) is 5.84 Å². The summed E-state index contributed by atoms with van der Waals surface area (Å²) in [5.41, 5.74) is 0.528. The third kappa shape index (κ3) is 2.87. The Labute approximate surface area is 106 Å². The van der Waals surface area contributed by atoms with E-state index < -0.39 is 0 Å². The van der Waals surface area contributed by atoms with Crippen LogP contribution in [0.5, 0.6) is 11.5 Å². The van der Waals surface area contributed by atoms with Gasteiger partial charge in [-0.25, -0.2) is 5.84 Å². The molecular formula is C14H14N2O2. The van der Waals surface area contributed by atoms with Gasteiger partial charge in [0, 0.05) is 12.6 Å². The Morgan fingerprint density at radius 2 is 1.56 bits per heavy atom. The van der Waals surface area contributed by atoms with Crippen LogP contribution in [-0.2, 0) is 0 Å². The van der Waals surface area contributed by atoms with E-state index in [-0.39, 0.29) is 5.91 Å². The third-order valence-electron chi connectivity index (χ3n) is 2.40. The van der Waals surface area contributed by atoms with Gasteiger partial charge in [0.25, 0.3) is 5.91 Å². The fraction of sp³-hybridized carbons (Fsp3) is 0.0714. The molecule has 4 nitrogen and oxygen atoms in total. The molecule has 0 fully saturated rings. The van der Waals surface area contributed by atoms with Gasteiger partial charge >= 0.3 is 0 Å². The molecule has 0 aromatic heterocycles. The Balaban J connectivity index is 2.11. The molecule has 0 bridgehead atoms. The minimum atomic E-state index is -0.235. The van der Waals surface area contributed by atoms with Gasteiger partial charge in [-0.15, -0.1) is 0 Å². The van der Waals surface area contributed by atoms with Crippen LogP contribution in [0.15, 0.2) is 54.6 Å². The van der Waals surface area contributed by atoms with Crippen molar-refractivity contribution in [1.82, 2.24) is 5.01 Å². The first-order valence-corrected chi connectivity index (χ1v) is 5.52. The lowest BCUT2D eigenvalue weighted by molar-refractivity contribution is 0.0795. The topological polar surface area (TPSA) is 55.6 Å². The number of carbonyl (C=O) groups is 1. The van der Waals surface area contributed by atoms with Gasteiger partial charge < -0.3 is 4.74 Å². The van der Waals surface area contributed by atoms with E-state index in [0.29, 0.717) is 11.3 Å². The van der Waals surface area contributed by atoms with Crippen molar-refractivity contribution in [1.29, 1.82) is 0 Å². The first-order valence-electron chi connectivity index (χ1n) is 5.52. The normalized spacial score (nSPS) is 9.89. The summed E-state index contributed by atoms with van der Waals surface area (Å²) in [7, 11) is 1.51. The summed E-state index contributed by atoms with van der Waals surface area (Å²) in [5, 5.41) is 1.05. The maximum Gasteiger partial charge on any atom is 0.267 e. The summed E-state index contributed by atoms with van der Waals surface area (Å²) in [6, 6.07) is 16.3. The van der Waals surface area contributed by atoms with E-state index >= 15 is 0 Å². The highest BCUT2D eigenvalue weighted by molar-refractivity contribution is 5.93. The molecule has 2 aromatic rings. The van der Waals surface area contributed by atoms with Gasteiger partial charge in [-0.05, 0) is 36.4 Å². The Morgan fingerprint density at radius 1 is 1.00 bits per heavy atom. The number of hydrogen-bond donors (Lipinski definition) is 1. The number of hydrazine groups is 1. The molecule has 0 heterocycles. The van der Waals surface area contributed by atoms with Gasteiger partial charge in [0.05, 0.1) is 0 Å². The number of nitrogens with zero attached hydrogens (tertiary/aromatic N) is 1. The van der Waals surface area contributed by atoms with Crippen LogP contribution in [0.3, 0.4) is 0 Å². The van der Waals surface area contributed by atoms with Crippen LogP contribution in [0.1, 0.15) is 10.4 Å². The zero-order valence-electron chi connectivity index (χ0n) is 10.0. The lowest BCUT2D eigenvalue weighted by Crippen LogP contribution is -2.32. The number of amides is 1. The molecule has 18 heavy (non-hydrogen) atoms. The summed E-state index contributed by atoms with van der Waals surface area (Å²) in [6.45, 7) is 0. The summed E-state index contributed by atoms with van der Waals surface area (Å²) >= 11 is 0. The zero-order valence-corrected chi connectivity index (χ0v) is 10.0. The molecule has 0 spiro atoms. The van der Waals surface area contributed by atoms with Crippen molar-refractivity contribution < 1.29 is 9.53 Å². The zero-order chi connectivity index (χ0) is 13.0.